The molecule has 13 heteroatoms. The van der Waals surface area contributed by atoms with Gasteiger partial charge in [0.2, 0.25) is 5.96 Å². The lowest BCUT2D eigenvalue weighted by Crippen LogP contribution is -2.45. The highest BCUT2D eigenvalue weighted by molar-refractivity contribution is 6.02. The Morgan fingerprint density at radius 1 is 1.07 bits per heavy atom. The highest BCUT2D eigenvalue weighted by Gasteiger charge is 2.36. The molecule has 2 aromatic rings. The fourth-order valence-corrected chi connectivity index (χ4v) is 4.91. The zero-order valence-electron chi connectivity index (χ0n) is 22.5. The number of amides is 3. The van der Waals surface area contributed by atoms with Gasteiger partial charge in [0.1, 0.15) is 0 Å². The van der Waals surface area contributed by atoms with Gasteiger partial charge in [0, 0.05) is 23.8 Å². The van der Waals surface area contributed by atoms with Gasteiger partial charge < -0.3 is 16.0 Å². The second-order valence-electron chi connectivity index (χ2n) is 10.9. The smallest absolute Gasteiger partial charge is 0.366 e. The molecule has 1 aliphatic rings. The Bertz CT molecular complexity index is 1250. The van der Waals surface area contributed by atoms with E-state index in [0.29, 0.717) is 11.5 Å². The van der Waals surface area contributed by atoms with Crippen LogP contribution in [-0.4, -0.2) is 34.0 Å². The van der Waals surface area contributed by atoms with Crippen molar-refractivity contribution >= 4 is 29.3 Å². The van der Waals surface area contributed by atoms with Crippen molar-refractivity contribution in [2.75, 3.05) is 10.8 Å². The third-order valence-electron chi connectivity index (χ3n) is 7.20. The van der Waals surface area contributed by atoms with Crippen LogP contribution in [0.2, 0.25) is 0 Å². The van der Waals surface area contributed by atoms with E-state index in [4.69, 9.17) is 16.5 Å². The summed E-state index contributed by atoms with van der Waals surface area (Å²) in [4.78, 5) is 30.8. The van der Waals surface area contributed by atoms with Gasteiger partial charge in [0.05, 0.1) is 11.3 Å². The first-order chi connectivity index (χ1) is 18.7. The molecule has 6 N–H and O–H groups in total. The summed E-state index contributed by atoms with van der Waals surface area (Å²) in [6.45, 7) is 6.71. The monoisotopic (exact) mass is 561 g/mol. The molecule has 40 heavy (non-hydrogen) atoms. The number of rotatable bonds is 6. The van der Waals surface area contributed by atoms with E-state index in [1.807, 2.05) is 0 Å². The molecular weight excluding hydrogens is 527 g/mol. The van der Waals surface area contributed by atoms with Crippen LogP contribution < -0.4 is 16.5 Å². The Hall–Kier alpha value is -4.00. The van der Waals surface area contributed by atoms with E-state index in [1.165, 1.54) is 23.7 Å². The fourth-order valence-electron chi connectivity index (χ4n) is 4.91. The summed E-state index contributed by atoms with van der Waals surface area (Å²) in [5.41, 5.74) is 13.0. The lowest BCUT2D eigenvalue weighted by atomic mass is 9.71. The van der Waals surface area contributed by atoms with Crippen molar-refractivity contribution in [1.82, 2.24) is 4.90 Å². The molecule has 0 heterocycles. The molecule has 3 amide bonds. The minimum Gasteiger partial charge on any atom is -0.366 e. The maximum absolute atomic E-state index is 13.5. The number of halogens is 3. The number of hydrogen-bond acceptors (Lipinski definition) is 5. The predicted molar refractivity (Wildman–Crippen MR) is 144 cm³/mol. The number of anilines is 2. The molecule has 0 aromatic heterocycles. The van der Waals surface area contributed by atoms with Gasteiger partial charge in [-0.1, -0.05) is 32.9 Å². The number of hydrogen-bond donors (Lipinski definition) is 5. The molecular formula is C27H34F3N7O3. The Morgan fingerprint density at radius 2 is 1.70 bits per heavy atom. The van der Waals surface area contributed by atoms with Crippen molar-refractivity contribution in [1.29, 1.82) is 5.53 Å². The zero-order valence-corrected chi connectivity index (χ0v) is 22.5. The van der Waals surface area contributed by atoms with Crippen LogP contribution in [0.1, 0.15) is 67.9 Å². The van der Waals surface area contributed by atoms with E-state index in [-0.39, 0.29) is 29.3 Å². The van der Waals surface area contributed by atoms with Gasteiger partial charge >= 0.3 is 12.2 Å². The van der Waals surface area contributed by atoms with Crippen LogP contribution in [0, 0.1) is 16.9 Å². The third-order valence-corrected chi connectivity index (χ3v) is 7.20. The number of nitrogens with one attached hydrogen (secondary N) is 3. The number of urea groups is 1. The van der Waals surface area contributed by atoms with Crippen LogP contribution in [0.4, 0.5) is 29.3 Å². The molecule has 0 atom stereocenters. The van der Waals surface area contributed by atoms with Crippen LogP contribution in [0.15, 0.2) is 52.6 Å². The summed E-state index contributed by atoms with van der Waals surface area (Å²) < 4.78 is 40.4. The lowest BCUT2D eigenvalue weighted by Gasteiger charge is -2.41. The Labute approximate surface area is 230 Å². The van der Waals surface area contributed by atoms with E-state index in [9.17, 15) is 22.8 Å². The van der Waals surface area contributed by atoms with Crippen LogP contribution in [0.5, 0.6) is 0 Å². The summed E-state index contributed by atoms with van der Waals surface area (Å²) in [6.07, 6.45) is -1.48. The largest absolute Gasteiger partial charge is 0.418 e. The summed E-state index contributed by atoms with van der Waals surface area (Å²) in [5.74, 6) is -0.661. The van der Waals surface area contributed by atoms with Gasteiger partial charge in [-0.2, -0.15) is 18.2 Å². The van der Waals surface area contributed by atoms with Gasteiger partial charge in [-0.05, 0) is 72.9 Å². The minimum atomic E-state index is -4.75. The summed E-state index contributed by atoms with van der Waals surface area (Å²) in [5, 5.41) is 14.6. The highest BCUT2D eigenvalue weighted by Crippen LogP contribution is 2.40. The molecule has 1 fully saturated rings. The maximum Gasteiger partial charge on any atom is 0.418 e. The fraction of sp³-hybridized carbons (Fsp3) is 0.444. The second-order valence-corrected chi connectivity index (χ2v) is 10.9. The van der Waals surface area contributed by atoms with Crippen molar-refractivity contribution in [3.05, 3.63) is 59.2 Å². The number of nitrogens with two attached hydrogens (primary N) is 1. The normalized spacial score (nSPS) is 18.1. The Morgan fingerprint density at radius 3 is 2.23 bits per heavy atom. The molecule has 1 saturated carbocycles. The third kappa shape index (κ3) is 7.78. The minimum absolute atomic E-state index is 0.0686. The van der Waals surface area contributed by atoms with Crippen molar-refractivity contribution < 1.29 is 28.0 Å². The molecule has 3 rings (SSSR count). The van der Waals surface area contributed by atoms with E-state index >= 15 is 0 Å². The zero-order chi connectivity index (χ0) is 29.7. The molecule has 0 radical (unpaired) electrons. The lowest BCUT2D eigenvalue weighted by molar-refractivity contribution is -0.137. The molecule has 10 nitrogen and oxygen atoms in total. The number of carbonyl (C=O) groups excluding carboxylic acids is 2. The van der Waals surface area contributed by atoms with Gasteiger partial charge in [0.25, 0.3) is 5.91 Å². The Kier molecular flexibility index (Phi) is 9.51. The predicted octanol–water partition coefficient (Wildman–Crippen LogP) is 6.63. The van der Waals surface area contributed by atoms with Crippen molar-refractivity contribution in [2.45, 2.75) is 65.2 Å². The standard InChI is InChI=1S/C27H34F3N7O3/c1-26(2,3)18-8-11-20(12-9-18)37(15-16-4-6-17(7-5-16)23(38)34-24(31)35-32)25(39)33-19-10-13-22(36-40)21(14-19)27(28,29)30/h4-7,10,13-14,18,20,32,36,40H,8-9,11-12,15H2,1-3H3,(H,33,39)(H2,31,34,38). The quantitative estimate of drug-likeness (QED) is 0.116. The van der Waals surface area contributed by atoms with Gasteiger partial charge in [-0.25, -0.2) is 10.3 Å². The molecule has 0 spiro atoms. The second kappa shape index (κ2) is 12.5. The number of nitrogens with zero attached hydrogens (tertiary/aromatic N) is 3. The van der Waals surface area contributed by atoms with Crippen LogP contribution in [0.3, 0.4) is 0 Å². The molecule has 1 aliphatic carbocycles. The first kappa shape index (κ1) is 30.5. The molecule has 2 aromatic carbocycles. The summed E-state index contributed by atoms with van der Waals surface area (Å²) in [7, 11) is 0. The average Bonchev–Trinajstić information content (AvgIpc) is 2.91. The van der Waals surface area contributed by atoms with E-state index in [0.717, 1.165) is 37.8 Å². The number of guanidine groups is 1. The van der Waals surface area contributed by atoms with Crippen molar-refractivity contribution in [3.63, 3.8) is 0 Å². The van der Waals surface area contributed by atoms with Crippen LogP contribution in [0.25, 0.3) is 0 Å². The summed E-state index contributed by atoms with van der Waals surface area (Å²) >= 11 is 0. The number of aliphatic imine (C=N–C) groups is 1. The van der Waals surface area contributed by atoms with Crippen LogP contribution >= 0.6 is 0 Å². The van der Waals surface area contributed by atoms with E-state index in [2.05, 4.69) is 36.2 Å². The highest BCUT2D eigenvalue weighted by atomic mass is 19.4. The maximum atomic E-state index is 13.5. The number of carbonyl (C=O) groups is 2. The van der Waals surface area contributed by atoms with Gasteiger partial charge in [-0.3, -0.25) is 15.5 Å². The summed E-state index contributed by atoms with van der Waals surface area (Å²) in [6, 6.07) is 8.70. The average molecular weight is 562 g/mol. The molecule has 0 unspecified atom stereocenters. The molecule has 0 bridgehead atoms. The Balaban J connectivity index is 1.85. The molecule has 0 aliphatic heterocycles. The van der Waals surface area contributed by atoms with Crippen LogP contribution in [-0.2, 0) is 12.7 Å². The molecule has 0 saturated heterocycles. The van der Waals surface area contributed by atoms with E-state index < -0.39 is 35.3 Å². The van der Waals surface area contributed by atoms with Gasteiger partial charge in [0.15, 0.2) is 0 Å². The topological polar surface area (TPSA) is 156 Å². The first-order valence-corrected chi connectivity index (χ1v) is 12.8. The first-order valence-electron chi connectivity index (χ1n) is 12.8. The number of alkyl halides is 3. The molecule has 216 valence electrons. The van der Waals surface area contributed by atoms with Gasteiger partial charge in [-0.15, -0.1) is 5.11 Å². The van der Waals surface area contributed by atoms with E-state index in [1.54, 1.807) is 17.0 Å². The number of benzene rings is 2. The van der Waals surface area contributed by atoms with Crippen molar-refractivity contribution in [2.24, 2.45) is 27.2 Å². The SMILES string of the molecule is CC(C)(C)C1CCC(N(Cc2ccc(C(=O)N=C(N)N=N)cc2)C(=O)Nc2ccc(NO)c(C(F)(F)F)c2)CC1. The van der Waals surface area contributed by atoms with Crippen molar-refractivity contribution in [3.8, 4) is 0 Å².